The number of aromatic nitrogens is 3. The lowest BCUT2D eigenvalue weighted by molar-refractivity contribution is 0.448. The summed E-state index contributed by atoms with van der Waals surface area (Å²) in [6.45, 7) is 6.88. The molecule has 0 aliphatic heterocycles. The Labute approximate surface area is 146 Å². The average molecular weight is 335 g/mol. The quantitative estimate of drug-likeness (QED) is 0.797. The molecule has 0 unspecified atom stereocenters. The number of rotatable bonds is 3. The summed E-state index contributed by atoms with van der Waals surface area (Å²) in [6, 6.07) is 12.9. The SMILES string of the molecule is CC(C)(C)c1ccc(Cn2c(-c3ccncc3)nc(O)cc2=O)cc1. The summed E-state index contributed by atoms with van der Waals surface area (Å²) in [7, 11) is 0. The molecule has 25 heavy (non-hydrogen) atoms. The van der Waals surface area contributed by atoms with Crippen LogP contribution in [0.2, 0.25) is 0 Å². The second-order valence-electron chi connectivity index (χ2n) is 7.05. The van der Waals surface area contributed by atoms with Gasteiger partial charge >= 0.3 is 0 Å². The summed E-state index contributed by atoms with van der Waals surface area (Å²) in [5.41, 5.74) is 2.76. The number of hydrogen-bond acceptors (Lipinski definition) is 4. The van der Waals surface area contributed by atoms with Crippen molar-refractivity contribution in [2.75, 3.05) is 0 Å². The third kappa shape index (κ3) is 3.76. The summed E-state index contributed by atoms with van der Waals surface area (Å²) >= 11 is 0. The van der Waals surface area contributed by atoms with Crippen LogP contribution in [0.4, 0.5) is 0 Å². The Morgan fingerprint density at radius 2 is 1.68 bits per heavy atom. The van der Waals surface area contributed by atoms with E-state index in [1.807, 2.05) is 12.1 Å². The molecule has 2 heterocycles. The highest BCUT2D eigenvalue weighted by molar-refractivity contribution is 5.55. The van der Waals surface area contributed by atoms with Crippen LogP contribution < -0.4 is 5.56 Å². The second kappa shape index (κ2) is 6.51. The highest BCUT2D eigenvalue weighted by Crippen LogP contribution is 2.23. The first-order valence-corrected chi connectivity index (χ1v) is 8.15. The highest BCUT2D eigenvalue weighted by atomic mass is 16.3. The first kappa shape index (κ1) is 16.9. The number of aromatic hydroxyl groups is 1. The zero-order valence-corrected chi connectivity index (χ0v) is 14.6. The molecule has 0 fully saturated rings. The van der Waals surface area contributed by atoms with Gasteiger partial charge in [-0.1, -0.05) is 45.0 Å². The molecule has 5 nitrogen and oxygen atoms in total. The van der Waals surface area contributed by atoms with Crippen LogP contribution in [0.3, 0.4) is 0 Å². The summed E-state index contributed by atoms with van der Waals surface area (Å²) in [5, 5.41) is 9.73. The molecule has 2 aromatic heterocycles. The summed E-state index contributed by atoms with van der Waals surface area (Å²) in [5.74, 6) is 0.142. The van der Waals surface area contributed by atoms with E-state index in [1.165, 1.54) is 5.56 Å². The van der Waals surface area contributed by atoms with Crippen molar-refractivity contribution in [1.29, 1.82) is 0 Å². The smallest absolute Gasteiger partial charge is 0.257 e. The Kier molecular flexibility index (Phi) is 4.40. The fourth-order valence-electron chi connectivity index (χ4n) is 2.66. The summed E-state index contributed by atoms with van der Waals surface area (Å²) in [6.07, 6.45) is 3.27. The minimum absolute atomic E-state index is 0.0810. The molecule has 1 N–H and O–H groups in total. The first-order valence-electron chi connectivity index (χ1n) is 8.15. The second-order valence-corrected chi connectivity index (χ2v) is 7.05. The molecule has 3 aromatic rings. The Bertz CT molecular complexity index is 924. The van der Waals surface area contributed by atoms with Gasteiger partial charge in [0.2, 0.25) is 5.88 Å². The molecule has 0 spiro atoms. The number of benzene rings is 1. The van der Waals surface area contributed by atoms with E-state index < -0.39 is 0 Å². The molecule has 0 aliphatic rings. The predicted octanol–water partition coefficient (Wildman–Crippen LogP) is 3.36. The topological polar surface area (TPSA) is 68.0 Å². The normalized spacial score (nSPS) is 11.5. The predicted molar refractivity (Wildman–Crippen MR) is 97.6 cm³/mol. The van der Waals surface area contributed by atoms with E-state index in [9.17, 15) is 9.90 Å². The van der Waals surface area contributed by atoms with Crippen molar-refractivity contribution in [1.82, 2.24) is 14.5 Å². The van der Waals surface area contributed by atoms with Gasteiger partial charge in [-0.25, -0.2) is 0 Å². The van der Waals surface area contributed by atoms with E-state index in [4.69, 9.17) is 0 Å². The number of hydrogen-bond donors (Lipinski definition) is 1. The molecular weight excluding hydrogens is 314 g/mol. The van der Waals surface area contributed by atoms with Crippen molar-refractivity contribution in [2.45, 2.75) is 32.7 Å². The van der Waals surface area contributed by atoms with Crippen LogP contribution >= 0.6 is 0 Å². The van der Waals surface area contributed by atoms with Crippen LogP contribution in [0.15, 0.2) is 59.7 Å². The maximum atomic E-state index is 12.4. The Hall–Kier alpha value is -2.95. The van der Waals surface area contributed by atoms with Crippen LogP contribution in [-0.4, -0.2) is 19.6 Å². The summed E-state index contributed by atoms with van der Waals surface area (Å²) < 4.78 is 1.56. The minimum Gasteiger partial charge on any atom is -0.493 e. The van der Waals surface area contributed by atoms with Crippen LogP contribution in [-0.2, 0) is 12.0 Å². The van der Waals surface area contributed by atoms with Gasteiger partial charge in [0.25, 0.3) is 5.56 Å². The molecular formula is C20H21N3O2. The van der Waals surface area contributed by atoms with Crippen LogP contribution in [0.1, 0.15) is 31.9 Å². The summed E-state index contributed by atoms with van der Waals surface area (Å²) in [4.78, 5) is 20.5. The third-order valence-corrected chi connectivity index (χ3v) is 4.09. The van der Waals surface area contributed by atoms with Gasteiger partial charge in [-0.2, -0.15) is 4.98 Å². The first-order chi connectivity index (χ1) is 11.8. The molecule has 0 saturated carbocycles. The monoisotopic (exact) mass is 335 g/mol. The third-order valence-electron chi connectivity index (χ3n) is 4.09. The van der Waals surface area contributed by atoms with Crippen molar-refractivity contribution in [3.05, 3.63) is 76.3 Å². The molecule has 0 atom stereocenters. The van der Waals surface area contributed by atoms with Gasteiger partial charge < -0.3 is 5.11 Å². The maximum Gasteiger partial charge on any atom is 0.257 e. The lowest BCUT2D eigenvalue weighted by Crippen LogP contribution is -2.23. The van der Waals surface area contributed by atoms with Gasteiger partial charge in [0.15, 0.2) is 0 Å². The van der Waals surface area contributed by atoms with E-state index in [0.717, 1.165) is 17.2 Å². The number of pyridine rings is 1. The maximum absolute atomic E-state index is 12.4. The largest absolute Gasteiger partial charge is 0.493 e. The Morgan fingerprint density at radius 3 is 2.28 bits per heavy atom. The van der Waals surface area contributed by atoms with Crippen molar-refractivity contribution in [2.24, 2.45) is 0 Å². The molecule has 128 valence electrons. The van der Waals surface area contributed by atoms with Crippen molar-refractivity contribution in [3.63, 3.8) is 0 Å². The van der Waals surface area contributed by atoms with E-state index >= 15 is 0 Å². The lowest BCUT2D eigenvalue weighted by Gasteiger charge is -2.19. The molecule has 5 heteroatoms. The van der Waals surface area contributed by atoms with Crippen molar-refractivity contribution in [3.8, 4) is 17.3 Å². The highest BCUT2D eigenvalue weighted by Gasteiger charge is 2.14. The van der Waals surface area contributed by atoms with Crippen LogP contribution in [0.25, 0.3) is 11.4 Å². The van der Waals surface area contributed by atoms with Gasteiger partial charge in [0, 0.05) is 18.0 Å². The van der Waals surface area contributed by atoms with E-state index in [1.54, 1.807) is 29.1 Å². The van der Waals surface area contributed by atoms with Crippen molar-refractivity contribution < 1.29 is 5.11 Å². The van der Waals surface area contributed by atoms with Gasteiger partial charge in [0.1, 0.15) is 5.82 Å². The van der Waals surface area contributed by atoms with Crippen LogP contribution in [0, 0.1) is 0 Å². The fourth-order valence-corrected chi connectivity index (χ4v) is 2.66. The molecule has 3 rings (SSSR count). The van der Waals surface area contributed by atoms with Gasteiger partial charge in [-0.3, -0.25) is 14.3 Å². The number of nitrogens with zero attached hydrogens (tertiary/aromatic N) is 3. The zero-order chi connectivity index (χ0) is 18.0. The zero-order valence-electron chi connectivity index (χ0n) is 14.6. The molecule has 1 aromatic carbocycles. The molecule has 0 aliphatic carbocycles. The molecule has 0 radical (unpaired) electrons. The van der Waals surface area contributed by atoms with Crippen molar-refractivity contribution >= 4 is 0 Å². The van der Waals surface area contributed by atoms with E-state index in [2.05, 4.69) is 42.9 Å². The molecule has 0 bridgehead atoms. The standard InChI is InChI=1S/C20H21N3O2/c1-20(2,3)16-6-4-14(5-7-16)13-23-18(25)12-17(24)22-19(23)15-8-10-21-11-9-15/h4-12,24H,13H2,1-3H3. The molecule has 0 amide bonds. The van der Waals surface area contributed by atoms with E-state index in [0.29, 0.717) is 12.4 Å². The molecule has 0 saturated heterocycles. The Balaban J connectivity index is 2.02. The minimum atomic E-state index is -0.292. The van der Waals surface area contributed by atoms with E-state index in [-0.39, 0.29) is 16.9 Å². The van der Waals surface area contributed by atoms with Gasteiger partial charge in [-0.05, 0) is 28.7 Å². The van der Waals surface area contributed by atoms with Gasteiger partial charge in [-0.15, -0.1) is 0 Å². The average Bonchev–Trinajstić information content (AvgIpc) is 2.57. The lowest BCUT2D eigenvalue weighted by atomic mass is 9.87. The Morgan fingerprint density at radius 1 is 1.04 bits per heavy atom. The fraction of sp³-hybridized carbons (Fsp3) is 0.250. The van der Waals surface area contributed by atoms with Gasteiger partial charge in [0.05, 0.1) is 12.6 Å². The van der Waals surface area contributed by atoms with Crippen LogP contribution in [0.5, 0.6) is 5.88 Å².